The van der Waals surface area contributed by atoms with Gasteiger partial charge in [-0.15, -0.1) is 0 Å². The van der Waals surface area contributed by atoms with E-state index in [1.165, 1.54) is 25.8 Å². The van der Waals surface area contributed by atoms with Crippen LogP contribution in [0.5, 0.6) is 0 Å². The third kappa shape index (κ3) is 3.88. The highest BCUT2D eigenvalue weighted by Crippen LogP contribution is 2.31. The second-order valence-electron chi connectivity index (χ2n) is 5.12. The monoisotopic (exact) mass is 457 g/mol. The van der Waals surface area contributed by atoms with E-state index in [-0.39, 0.29) is 6.04 Å². The van der Waals surface area contributed by atoms with Gasteiger partial charge in [0.25, 0.3) is 0 Å². The average Bonchev–Trinajstić information content (AvgIpc) is 2.51. The highest BCUT2D eigenvalue weighted by atomic mass is 127. The Hall–Kier alpha value is -0.390. The first-order valence-electron chi connectivity index (χ1n) is 7.34. The van der Waals surface area contributed by atoms with Gasteiger partial charge in [-0.1, -0.05) is 48.0 Å². The van der Waals surface area contributed by atoms with Crippen LogP contribution in [0.25, 0.3) is 0 Å². The maximum atomic E-state index is 3.69. The molecule has 0 heterocycles. The van der Waals surface area contributed by atoms with Crippen molar-refractivity contribution in [1.29, 1.82) is 0 Å². The van der Waals surface area contributed by atoms with E-state index in [1.807, 2.05) is 7.05 Å². The van der Waals surface area contributed by atoms with Gasteiger partial charge in [0, 0.05) is 8.04 Å². The Labute approximate surface area is 149 Å². The number of hydrogen-bond donors (Lipinski definition) is 1. The molecule has 1 unspecified atom stereocenters. The van der Waals surface area contributed by atoms with Crippen molar-refractivity contribution >= 4 is 38.5 Å². The molecule has 2 aromatic carbocycles. The van der Waals surface area contributed by atoms with Crippen molar-refractivity contribution in [1.82, 2.24) is 5.32 Å². The zero-order chi connectivity index (χ0) is 15.4. The molecule has 1 nitrogen and oxygen atoms in total. The predicted octanol–water partition coefficient (Wildman–Crippen LogP) is 5.49. The van der Waals surface area contributed by atoms with Crippen LogP contribution in [0.1, 0.15) is 42.1 Å². The molecule has 0 spiro atoms. The lowest BCUT2D eigenvalue weighted by Gasteiger charge is -2.21. The Balaban J connectivity index is 2.48. The lowest BCUT2D eigenvalue weighted by atomic mass is 9.93. The average molecular weight is 458 g/mol. The zero-order valence-electron chi connectivity index (χ0n) is 12.7. The van der Waals surface area contributed by atoms with Crippen molar-refractivity contribution in [3.63, 3.8) is 0 Å². The number of halogens is 2. The summed E-state index contributed by atoms with van der Waals surface area (Å²) in [6.45, 7) is 4.45. The van der Waals surface area contributed by atoms with Gasteiger partial charge >= 0.3 is 0 Å². The molecule has 0 aliphatic rings. The molecule has 0 fully saturated rings. The van der Waals surface area contributed by atoms with Crippen molar-refractivity contribution in [2.75, 3.05) is 7.05 Å². The summed E-state index contributed by atoms with van der Waals surface area (Å²) in [4.78, 5) is 0. The summed E-state index contributed by atoms with van der Waals surface area (Å²) in [5.74, 6) is 0. The van der Waals surface area contributed by atoms with Gasteiger partial charge in [0.1, 0.15) is 0 Å². The summed E-state index contributed by atoms with van der Waals surface area (Å²) < 4.78 is 2.41. The fourth-order valence-corrected chi connectivity index (χ4v) is 3.73. The van der Waals surface area contributed by atoms with Crippen LogP contribution in [0.3, 0.4) is 0 Å². The van der Waals surface area contributed by atoms with E-state index < -0.39 is 0 Å². The fourth-order valence-electron chi connectivity index (χ4n) is 2.74. The Morgan fingerprint density at radius 3 is 2.38 bits per heavy atom. The predicted molar refractivity (Wildman–Crippen MR) is 103 cm³/mol. The van der Waals surface area contributed by atoms with Gasteiger partial charge in [0.15, 0.2) is 0 Å². The van der Waals surface area contributed by atoms with Gasteiger partial charge in [-0.05, 0) is 82.9 Å². The summed E-state index contributed by atoms with van der Waals surface area (Å²) in [6.07, 6.45) is 2.18. The van der Waals surface area contributed by atoms with E-state index in [0.29, 0.717) is 0 Å². The smallest absolute Gasteiger partial charge is 0.0585 e. The van der Waals surface area contributed by atoms with Gasteiger partial charge in [-0.2, -0.15) is 0 Å². The van der Waals surface area contributed by atoms with E-state index >= 15 is 0 Å². The summed E-state index contributed by atoms with van der Waals surface area (Å²) >= 11 is 6.06. The summed E-state index contributed by atoms with van der Waals surface area (Å²) in [7, 11) is 2.02. The molecule has 112 valence electrons. The van der Waals surface area contributed by atoms with Crippen LogP contribution in [0.2, 0.25) is 0 Å². The number of aryl methyl sites for hydroxylation is 2. The largest absolute Gasteiger partial charge is 0.309 e. The Morgan fingerprint density at radius 2 is 1.76 bits per heavy atom. The Kier molecular flexibility index (Phi) is 6.26. The van der Waals surface area contributed by atoms with Crippen LogP contribution in [0, 0.1) is 3.57 Å². The van der Waals surface area contributed by atoms with E-state index in [1.54, 1.807) is 0 Å². The number of nitrogens with one attached hydrogen (secondary N) is 1. The minimum absolute atomic E-state index is 0.213. The van der Waals surface area contributed by atoms with Crippen LogP contribution < -0.4 is 5.32 Å². The molecule has 0 amide bonds. The number of rotatable bonds is 5. The van der Waals surface area contributed by atoms with E-state index in [4.69, 9.17) is 0 Å². The molecular weight excluding hydrogens is 437 g/mol. The van der Waals surface area contributed by atoms with Crippen LogP contribution in [0.15, 0.2) is 40.9 Å². The molecule has 2 aromatic rings. The Morgan fingerprint density at radius 1 is 1.05 bits per heavy atom. The third-order valence-electron chi connectivity index (χ3n) is 3.88. The lowest BCUT2D eigenvalue weighted by Crippen LogP contribution is -2.18. The standard InChI is InChI=1S/C18H21BrIN/c1-4-12-6-7-14(10-13(12)5-2)18(21-3)16-11-15(20)8-9-17(16)19/h6-11,18,21H,4-5H2,1-3H3. The maximum absolute atomic E-state index is 3.69. The molecule has 1 N–H and O–H groups in total. The molecule has 0 radical (unpaired) electrons. The number of hydrogen-bond acceptors (Lipinski definition) is 1. The first-order valence-corrected chi connectivity index (χ1v) is 9.21. The minimum Gasteiger partial charge on any atom is -0.309 e. The van der Waals surface area contributed by atoms with Gasteiger partial charge in [0.2, 0.25) is 0 Å². The van der Waals surface area contributed by atoms with Crippen LogP contribution in [0.4, 0.5) is 0 Å². The second kappa shape index (κ2) is 7.75. The van der Waals surface area contributed by atoms with Gasteiger partial charge in [-0.3, -0.25) is 0 Å². The molecule has 0 saturated carbocycles. The first-order chi connectivity index (χ1) is 10.1. The normalized spacial score (nSPS) is 12.4. The maximum Gasteiger partial charge on any atom is 0.0585 e. The molecule has 3 heteroatoms. The highest BCUT2D eigenvalue weighted by Gasteiger charge is 2.16. The molecule has 0 saturated heterocycles. The minimum atomic E-state index is 0.213. The van der Waals surface area contributed by atoms with Gasteiger partial charge < -0.3 is 5.32 Å². The molecule has 2 rings (SSSR count). The first kappa shape index (κ1) is 17.0. The van der Waals surface area contributed by atoms with Crippen LogP contribution in [-0.4, -0.2) is 7.05 Å². The van der Waals surface area contributed by atoms with Crippen molar-refractivity contribution in [3.8, 4) is 0 Å². The topological polar surface area (TPSA) is 12.0 Å². The van der Waals surface area contributed by atoms with Gasteiger partial charge in [-0.25, -0.2) is 0 Å². The summed E-state index contributed by atoms with van der Waals surface area (Å²) in [5, 5.41) is 3.46. The van der Waals surface area contributed by atoms with Crippen molar-refractivity contribution in [2.24, 2.45) is 0 Å². The fraction of sp³-hybridized carbons (Fsp3) is 0.333. The summed E-state index contributed by atoms with van der Waals surface area (Å²) in [5.41, 5.74) is 5.53. The zero-order valence-corrected chi connectivity index (χ0v) is 16.5. The number of benzene rings is 2. The lowest BCUT2D eigenvalue weighted by molar-refractivity contribution is 0.687. The molecule has 0 aliphatic carbocycles. The van der Waals surface area contributed by atoms with E-state index in [2.05, 4.69) is 94.1 Å². The second-order valence-corrected chi connectivity index (χ2v) is 7.22. The third-order valence-corrected chi connectivity index (χ3v) is 5.28. The molecule has 0 bridgehead atoms. The van der Waals surface area contributed by atoms with Crippen molar-refractivity contribution < 1.29 is 0 Å². The molecular formula is C18H21BrIN. The van der Waals surface area contributed by atoms with Crippen LogP contribution >= 0.6 is 38.5 Å². The Bertz CT molecular complexity index is 625. The quantitative estimate of drug-likeness (QED) is 0.585. The molecule has 0 aliphatic heterocycles. The highest BCUT2D eigenvalue weighted by molar-refractivity contribution is 14.1. The molecule has 21 heavy (non-hydrogen) atoms. The SMILES string of the molecule is CCc1ccc(C(NC)c2cc(I)ccc2Br)cc1CC. The summed E-state index contributed by atoms with van der Waals surface area (Å²) in [6, 6.07) is 13.6. The molecule has 0 aromatic heterocycles. The van der Waals surface area contributed by atoms with Crippen molar-refractivity contribution in [2.45, 2.75) is 32.7 Å². The van der Waals surface area contributed by atoms with Crippen molar-refractivity contribution in [3.05, 3.63) is 66.7 Å². The van der Waals surface area contributed by atoms with E-state index in [0.717, 1.165) is 17.3 Å². The van der Waals surface area contributed by atoms with E-state index in [9.17, 15) is 0 Å². The molecule has 1 atom stereocenters. The van der Waals surface area contributed by atoms with Crippen LogP contribution in [-0.2, 0) is 12.8 Å². The van der Waals surface area contributed by atoms with Gasteiger partial charge in [0.05, 0.1) is 6.04 Å².